The number of carbonyl (C=O) groups is 1. The quantitative estimate of drug-likeness (QED) is 0.109. The van der Waals surface area contributed by atoms with Gasteiger partial charge in [0.2, 0.25) is 0 Å². The number of rotatable bonds is 16. The highest BCUT2D eigenvalue weighted by molar-refractivity contribution is 6.50. The molecule has 0 radical (unpaired) electrons. The first-order chi connectivity index (χ1) is 28.6. The summed E-state index contributed by atoms with van der Waals surface area (Å²) in [5.74, 6) is -1.48. The van der Waals surface area contributed by atoms with Crippen LogP contribution in [-0.4, -0.2) is 89.9 Å². The van der Waals surface area contributed by atoms with Crippen LogP contribution in [0, 0.1) is 11.2 Å². The molecule has 2 heterocycles. The number of likely N-dealkylation sites (N-methyl/N-ethyl adjacent to an activating group) is 1. The van der Waals surface area contributed by atoms with E-state index in [1.54, 1.807) is 18.2 Å². The van der Waals surface area contributed by atoms with Crippen molar-refractivity contribution in [3.63, 3.8) is 0 Å². The first kappa shape index (κ1) is 45.9. The maximum absolute atomic E-state index is 16.1. The molecular formula is C47H62F3N7O3. The number of aliphatic imine (C=N–C) groups is 2. The second-order valence-electron chi connectivity index (χ2n) is 16.7. The van der Waals surface area contributed by atoms with Crippen molar-refractivity contribution < 1.29 is 27.8 Å². The predicted molar refractivity (Wildman–Crippen MR) is 239 cm³/mol. The number of hydrogen-bond donors (Lipinski definition) is 2. The topological polar surface area (TPSA) is 130 Å². The molecule has 1 aromatic heterocycles. The van der Waals surface area contributed by atoms with Crippen molar-refractivity contribution in [3.05, 3.63) is 70.1 Å². The Balaban J connectivity index is 1.79. The van der Waals surface area contributed by atoms with Gasteiger partial charge in [0, 0.05) is 49.8 Å². The summed E-state index contributed by atoms with van der Waals surface area (Å²) in [6, 6.07) is 6.21. The minimum absolute atomic E-state index is 0.00951. The normalized spacial score (nSPS) is 17.9. The van der Waals surface area contributed by atoms with E-state index >= 15 is 13.2 Å². The number of halogens is 3. The molecule has 1 aliphatic carbocycles. The van der Waals surface area contributed by atoms with Gasteiger partial charge in [0.1, 0.15) is 29.3 Å². The number of fused-ring (bicyclic) bond motifs is 2. The fraction of sp³-hybridized carbons (Fsp3) is 0.511. The fourth-order valence-electron chi connectivity index (χ4n) is 8.06. The SMILES string of the molecule is C/C=C1\C(=NC(C)C)C(c2cc(O)cc3ccc(F)c(CC)c23)=Cc2nc(OCC(C)(CCCCC)CC(F)CC)nc(N3CCCN=C(/C(F)=C(\N)C(=O)N(C)C)C3)c21. The summed E-state index contributed by atoms with van der Waals surface area (Å²) < 4.78 is 53.3. The second-order valence-corrected chi connectivity index (χ2v) is 16.7. The Bertz CT molecular complexity index is 2230. The van der Waals surface area contributed by atoms with Gasteiger partial charge in [-0.25, -0.2) is 13.2 Å². The van der Waals surface area contributed by atoms with E-state index in [9.17, 15) is 9.90 Å². The Morgan fingerprint density at radius 2 is 1.92 bits per heavy atom. The van der Waals surface area contributed by atoms with Gasteiger partial charge in [-0.15, -0.1) is 0 Å². The molecule has 13 heteroatoms. The number of anilines is 1. The number of hydrogen-bond acceptors (Lipinski definition) is 9. The van der Waals surface area contributed by atoms with Crippen LogP contribution in [0.15, 0.2) is 51.9 Å². The lowest BCUT2D eigenvalue weighted by molar-refractivity contribution is -0.124. The third-order valence-corrected chi connectivity index (χ3v) is 11.2. The average Bonchev–Trinajstić information content (AvgIpc) is 3.48. The summed E-state index contributed by atoms with van der Waals surface area (Å²) >= 11 is 0. The number of unbranched alkanes of at least 4 members (excludes halogenated alkanes) is 2. The molecular weight excluding hydrogens is 768 g/mol. The highest BCUT2D eigenvalue weighted by Crippen LogP contribution is 2.44. The third kappa shape index (κ3) is 10.2. The number of aromatic nitrogens is 2. The Hall–Kier alpha value is -5.20. The molecule has 3 N–H and O–H groups in total. The number of aromatic hydroxyl groups is 1. The van der Waals surface area contributed by atoms with Crippen LogP contribution in [0.3, 0.4) is 0 Å². The fourth-order valence-corrected chi connectivity index (χ4v) is 8.06. The lowest BCUT2D eigenvalue weighted by Crippen LogP contribution is -2.35. The maximum Gasteiger partial charge on any atom is 0.318 e. The van der Waals surface area contributed by atoms with Crippen LogP contribution in [-0.2, 0) is 11.2 Å². The van der Waals surface area contributed by atoms with Gasteiger partial charge in [-0.05, 0) is 99.0 Å². The number of nitrogens with zero attached hydrogens (tertiary/aromatic N) is 6. The van der Waals surface area contributed by atoms with Gasteiger partial charge in [-0.3, -0.25) is 14.8 Å². The lowest BCUT2D eigenvalue weighted by atomic mass is 9.80. The standard InChI is InChI=1S/C47H62F3N7O3/c1-10-14-15-19-47(7,25-30(48)11-2)27-60-46-54-37-24-35(34-23-31(58)22-29-17-18-36(49)32(12-3)39(29)34)43(53-28(5)6)33(13-4)40(37)44(55-46)57-21-16-20-52-38(26-57)41(50)42(51)45(59)56(8)9/h13,17-18,22-24,28,30,58H,10-12,14-16,19-21,25-27,51H2,1-9H3/b33-13-,42-41+,53-43?. The molecule has 1 aliphatic heterocycles. The van der Waals surface area contributed by atoms with Gasteiger partial charge in [0.25, 0.3) is 5.91 Å². The van der Waals surface area contributed by atoms with Gasteiger partial charge in [-0.1, -0.05) is 59.1 Å². The molecule has 10 nitrogen and oxygen atoms in total. The largest absolute Gasteiger partial charge is 0.508 e. The van der Waals surface area contributed by atoms with Crippen LogP contribution >= 0.6 is 0 Å². The molecule has 2 aliphatic rings. The number of phenolic OH excluding ortho intramolecular Hbond substituents is 1. The molecule has 2 atom stereocenters. The Morgan fingerprint density at radius 3 is 2.57 bits per heavy atom. The van der Waals surface area contributed by atoms with E-state index < -0.39 is 29.0 Å². The second kappa shape index (κ2) is 19.9. The molecule has 5 rings (SSSR count). The average molecular weight is 830 g/mol. The third-order valence-electron chi connectivity index (χ3n) is 11.2. The van der Waals surface area contributed by atoms with E-state index in [1.807, 2.05) is 58.6 Å². The summed E-state index contributed by atoms with van der Waals surface area (Å²) in [4.78, 5) is 35.6. The number of nitrogens with two attached hydrogens (primary N) is 1. The monoisotopic (exact) mass is 829 g/mol. The van der Waals surface area contributed by atoms with E-state index in [2.05, 4.69) is 11.9 Å². The highest BCUT2D eigenvalue weighted by atomic mass is 19.1. The first-order valence-corrected chi connectivity index (χ1v) is 21.3. The number of ether oxygens (including phenoxy) is 1. The first-order valence-electron chi connectivity index (χ1n) is 21.3. The zero-order valence-electron chi connectivity index (χ0n) is 36.8. The van der Waals surface area contributed by atoms with Crippen molar-refractivity contribution in [2.24, 2.45) is 21.1 Å². The molecule has 0 saturated heterocycles. The van der Waals surface area contributed by atoms with Crippen molar-refractivity contribution in [1.82, 2.24) is 14.9 Å². The summed E-state index contributed by atoms with van der Waals surface area (Å²) in [5.41, 5.74) is 9.08. The minimum atomic E-state index is -0.999. The van der Waals surface area contributed by atoms with Gasteiger partial charge in [0.15, 0.2) is 5.83 Å². The number of alkyl halides is 1. The Labute approximate surface area is 353 Å². The molecule has 60 heavy (non-hydrogen) atoms. The molecule has 2 unspecified atom stereocenters. The summed E-state index contributed by atoms with van der Waals surface area (Å²) in [5, 5.41) is 12.4. The molecule has 3 aromatic rings. The van der Waals surface area contributed by atoms with Crippen molar-refractivity contribution >= 4 is 51.1 Å². The maximum atomic E-state index is 16.1. The van der Waals surface area contributed by atoms with Crippen molar-refractivity contribution in [1.29, 1.82) is 0 Å². The van der Waals surface area contributed by atoms with E-state index in [1.165, 1.54) is 25.1 Å². The van der Waals surface area contributed by atoms with E-state index in [0.717, 1.165) is 25.7 Å². The van der Waals surface area contributed by atoms with Crippen LogP contribution in [0.25, 0.3) is 28.0 Å². The summed E-state index contributed by atoms with van der Waals surface area (Å²) in [7, 11) is 3.00. The number of amides is 1. The number of phenols is 1. The molecule has 0 fully saturated rings. The Morgan fingerprint density at radius 1 is 1.17 bits per heavy atom. The number of aryl methyl sites for hydroxylation is 1. The highest BCUT2D eigenvalue weighted by Gasteiger charge is 2.35. The van der Waals surface area contributed by atoms with Crippen molar-refractivity contribution in [2.45, 2.75) is 112 Å². The van der Waals surface area contributed by atoms with Gasteiger partial charge >= 0.3 is 6.01 Å². The van der Waals surface area contributed by atoms with Crippen molar-refractivity contribution in [3.8, 4) is 11.8 Å². The number of carbonyl (C=O) groups excluding carboxylic acids is 1. The number of benzene rings is 2. The van der Waals surface area contributed by atoms with Crippen LogP contribution in [0.1, 0.15) is 116 Å². The minimum Gasteiger partial charge on any atom is -0.508 e. The van der Waals surface area contributed by atoms with E-state index in [-0.39, 0.29) is 42.5 Å². The van der Waals surface area contributed by atoms with E-state index in [4.69, 9.17) is 25.4 Å². The smallest absolute Gasteiger partial charge is 0.318 e. The summed E-state index contributed by atoms with van der Waals surface area (Å²) in [6.45, 7) is 14.5. The number of allylic oxidation sites excluding steroid dienone is 3. The van der Waals surface area contributed by atoms with Gasteiger partial charge in [0.05, 0.1) is 35.8 Å². The molecule has 1 amide bonds. The zero-order valence-corrected chi connectivity index (χ0v) is 36.8. The Kier molecular flexibility index (Phi) is 15.2. The van der Waals surface area contributed by atoms with Crippen LogP contribution < -0.4 is 15.4 Å². The van der Waals surface area contributed by atoms with Crippen LogP contribution in [0.4, 0.5) is 19.0 Å². The van der Waals surface area contributed by atoms with Crippen LogP contribution in [0.2, 0.25) is 0 Å². The molecule has 0 bridgehead atoms. The van der Waals surface area contributed by atoms with Crippen LogP contribution in [0.5, 0.6) is 11.8 Å². The lowest BCUT2D eigenvalue weighted by Gasteiger charge is -2.32. The molecule has 2 aromatic carbocycles. The van der Waals surface area contributed by atoms with Gasteiger partial charge in [-0.2, -0.15) is 9.97 Å². The van der Waals surface area contributed by atoms with Gasteiger partial charge < -0.3 is 25.4 Å². The molecule has 324 valence electrons. The molecule has 0 saturated carbocycles. The van der Waals surface area contributed by atoms with E-state index in [0.29, 0.717) is 94.6 Å². The van der Waals surface area contributed by atoms with Crippen molar-refractivity contribution in [2.75, 3.05) is 45.2 Å². The summed E-state index contributed by atoms with van der Waals surface area (Å²) in [6.07, 6.45) is 8.17. The predicted octanol–water partition coefficient (Wildman–Crippen LogP) is 9.83. The molecule has 0 spiro atoms. The zero-order chi connectivity index (χ0) is 43.9.